The molecule has 0 saturated heterocycles. The van der Waals surface area contributed by atoms with Gasteiger partial charge in [0.2, 0.25) is 0 Å². The summed E-state index contributed by atoms with van der Waals surface area (Å²) in [7, 11) is 0. The summed E-state index contributed by atoms with van der Waals surface area (Å²) in [5.74, 6) is 1.20. The minimum absolute atomic E-state index is 0.681. The average molecular weight is 188 g/mol. The molecule has 0 N–H and O–H groups in total. The average Bonchev–Trinajstić information content (AvgIpc) is 1.85. The maximum atomic E-state index is 5.92. The van der Waals surface area contributed by atoms with Gasteiger partial charge in [-0.2, -0.15) is 0 Å². The third-order valence-electron chi connectivity index (χ3n) is 1.47. The Morgan fingerprint density at radius 3 is 2.27 bits per heavy atom. The van der Waals surface area contributed by atoms with Gasteiger partial charge in [-0.3, -0.25) is 0 Å². The molecule has 0 fully saturated rings. The van der Waals surface area contributed by atoms with Crippen LogP contribution < -0.4 is 0 Å². The van der Waals surface area contributed by atoms with E-state index in [1.165, 1.54) is 5.92 Å². The molecule has 1 rings (SSSR count). The number of halogens is 2. The van der Waals surface area contributed by atoms with E-state index in [9.17, 15) is 0 Å². The van der Waals surface area contributed by atoms with Crippen LogP contribution in [0.4, 0.5) is 0 Å². The minimum atomic E-state index is 0.681. The Labute approximate surface area is 77.1 Å². The van der Waals surface area contributed by atoms with E-state index in [2.05, 4.69) is 0 Å². The Morgan fingerprint density at radius 2 is 1.82 bits per heavy atom. The molecule has 0 heterocycles. The molecule has 0 aromatic heterocycles. The van der Waals surface area contributed by atoms with Gasteiger partial charge in [-0.05, 0) is 17.7 Å². The van der Waals surface area contributed by atoms with Gasteiger partial charge in [0.25, 0.3) is 0 Å². The maximum Gasteiger partial charge on any atom is 0.0458 e. The van der Waals surface area contributed by atoms with Gasteiger partial charge in [0.05, 0.1) is 0 Å². The highest BCUT2D eigenvalue weighted by molar-refractivity contribution is 6.35. The summed E-state index contributed by atoms with van der Waals surface area (Å²) in [6.45, 7) is 4.05. The number of benzene rings is 1. The lowest BCUT2D eigenvalue weighted by molar-refractivity contribution is 1.15. The van der Waals surface area contributed by atoms with Crippen LogP contribution in [0, 0.1) is 5.92 Å². The van der Waals surface area contributed by atoms with E-state index in [-0.39, 0.29) is 0 Å². The summed E-state index contributed by atoms with van der Waals surface area (Å²) in [6, 6.07) is 5.53. The predicted octanol–water partition coefficient (Wildman–Crippen LogP) is 3.96. The SMILES string of the molecule is C[C](C)c1ccc(Cl)cc1Cl. The monoisotopic (exact) mass is 187 g/mol. The van der Waals surface area contributed by atoms with E-state index in [1.54, 1.807) is 6.07 Å². The van der Waals surface area contributed by atoms with Crippen LogP contribution in [0.1, 0.15) is 19.4 Å². The summed E-state index contributed by atoms with van der Waals surface area (Å²) in [6.07, 6.45) is 0. The molecule has 0 bridgehead atoms. The van der Waals surface area contributed by atoms with Crippen LogP contribution in [0.3, 0.4) is 0 Å². The highest BCUT2D eigenvalue weighted by Gasteiger charge is 2.04. The fraction of sp³-hybridized carbons (Fsp3) is 0.222. The summed E-state index contributed by atoms with van der Waals surface area (Å²) >= 11 is 11.6. The first-order chi connectivity index (χ1) is 5.11. The van der Waals surface area contributed by atoms with Crippen molar-refractivity contribution in [3.05, 3.63) is 39.7 Å². The van der Waals surface area contributed by atoms with Crippen LogP contribution in [0.2, 0.25) is 10.0 Å². The van der Waals surface area contributed by atoms with E-state index in [0.29, 0.717) is 5.02 Å². The van der Waals surface area contributed by atoms with Crippen molar-refractivity contribution in [2.24, 2.45) is 0 Å². The second-order valence-electron chi connectivity index (χ2n) is 2.62. The topological polar surface area (TPSA) is 0 Å². The highest BCUT2D eigenvalue weighted by Crippen LogP contribution is 2.26. The fourth-order valence-electron chi connectivity index (χ4n) is 0.895. The lowest BCUT2D eigenvalue weighted by Crippen LogP contribution is -1.88. The first-order valence-corrected chi connectivity index (χ1v) is 4.12. The smallest absolute Gasteiger partial charge is 0.0458 e. The van der Waals surface area contributed by atoms with Gasteiger partial charge in [0.15, 0.2) is 0 Å². The maximum absolute atomic E-state index is 5.92. The zero-order valence-electron chi connectivity index (χ0n) is 6.49. The molecule has 2 heteroatoms. The largest absolute Gasteiger partial charge is 0.0843 e. The molecule has 1 aromatic rings. The third-order valence-corrected chi connectivity index (χ3v) is 2.02. The van der Waals surface area contributed by atoms with Gasteiger partial charge in [-0.25, -0.2) is 0 Å². The van der Waals surface area contributed by atoms with Crippen LogP contribution in [0.15, 0.2) is 18.2 Å². The van der Waals surface area contributed by atoms with Crippen molar-refractivity contribution in [2.75, 3.05) is 0 Å². The summed E-state index contributed by atoms with van der Waals surface area (Å²) in [4.78, 5) is 0. The second-order valence-corrected chi connectivity index (χ2v) is 3.47. The summed E-state index contributed by atoms with van der Waals surface area (Å²) in [5.41, 5.74) is 1.07. The van der Waals surface area contributed by atoms with Crippen molar-refractivity contribution in [3.8, 4) is 0 Å². The summed E-state index contributed by atoms with van der Waals surface area (Å²) < 4.78 is 0. The van der Waals surface area contributed by atoms with E-state index < -0.39 is 0 Å². The molecule has 0 aliphatic heterocycles. The van der Waals surface area contributed by atoms with Crippen molar-refractivity contribution in [1.29, 1.82) is 0 Å². The normalized spacial score (nSPS) is 10.6. The highest BCUT2D eigenvalue weighted by atomic mass is 35.5. The van der Waals surface area contributed by atoms with Crippen molar-refractivity contribution >= 4 is 23.2 Å². The van der Waals surface area contributed by atoms with Crippen LogP contribution in [0.25, 0.3) is 0 Å². The van der Waals surface area contributed by atoms with Crippen LogP contribution in [0.5, 0.6) is 0 Å². The van der Waals surface area contributed by atoms with Crippen LogP contribution in [-0.4, -0.2) is 0 Å². The molecule has 1 radical (unpaired) electrons. The first-order valence-electron chi connectivity index (χ1n) is 3.37. The van der Waals surface area contributed by atoms with Crippen molar-refractivity contribution in [2.45, 2.75) is 13.8 Å². The molecule has 0 saturated carbocycles. The second kappa shape index (κ2) is 3.46. The van der Waals surface area contributed by atoms with Crippen molar-refractivity contribution in [3.63, 3.8) is 0 Å². The molecule has 0 spiro atoms. The van der Waals surface area contributed by atoms with Crippen LogP contribution >= 0.6 is 23.2 Å². The van der Waals surface area contributed by atoms with Gasteiger partial charge in [0, 0.05) is 16.0 Å². The third kappa shape index (κ3) is 2.11. The van der Waals surface area contributed by atoms with Gasteiger partial charge in [0.1, 0.15) is 0 Å². The van der Waals surface area contributed by atoms with Gasteiger partial charge >= 0.3 is 0 Å². The fourth-order valence-corrected chi connectivity index (χ4v) is 1.49. The quantitative estimate of drug-likeness (QED) is 0.625. The number of hydrogen-bond acceptors (Lipinski definition) is 0. The molecule has 0 aliphatic carbocycles. The Balaban J connectivity index is 3.09. The molecule has 11 heavy (non-hydrogen) atoms. The predicted molar refractivity (Wildman–Crippen MR) is 50.2 cm³/mol. The minimum Gasteiger partial charge on any atom is -0.0843 e. The molecular weight excluding hydrogens is 179 g/mol. The van der Waals surface area contributed by atoms with E-state index in [1.807, 2.05) is 26.0 Å². The van der Waals surface area contributed by atoms with Crippen LogP contribution in [-0.2, 0) is 0 Å². The molecular formula is C9H9Cl2. The van der Waals surface area contributed by atoms with Gasteiger partial charge < -0.3 is 0 Å². The van der Waals surface area contributed by atoms with Crippen molar-refractivity contribution in [1.82, 2.24) is 0 Å². The molecule has 1 aromatic carbocycles. The zero-order valence-corrected chi connectivity index (χ0v) is 8.00. The van der Waals surface area contributed by atoms with E-state index in [0.717, 1.165) is 10.6 Å². The molecule has 0 atom stereocenters. The Morgan fingerprint density at radius 1 is 1.18 bits per heavy atom. The summed E-state index contributed by atoms with van der Waals surface area (Å²) in [5, 5.41) is 1.40. The lowest BCUT2D eigenvalue weighted by atomic mass is 10.0. The Bertz CT molecular complexity index is 254. The van der Waals surface area contributed by atoms with E-state index >= 15 is 0 Å². The Hall–Kier alpha value is -0.200. The molecule has 0 amide bonds. The Kier molecular flexibility index (Phi) is 2.80. The van der Waals surface area contributed by atoms with Crippen molar-refractivity contribution < 1.29 is 0 Å². The molecule has 0 unspecified atom stereocenters. The first kappa shape index (κ1) is 8.89. The molecule has 0 nitrogen and oxygen atoms in total. The number of rotatable bonds is 1. The zero-order chi connectivity index (χ0) is 8.43. The van der Waals surface area contributed by atoms with E-state index in [4.69, 9.17) is 23.2 Å². The lowest BCUT2D eigenvalue weighted by Gasteiger charge is -2.06. The van der Waals surface area contributed by atoms with Gasteiger partial charge in [-0.1, -0.05) is 43.1 Å². The van der Waals surface area contributed by atoms with Gasteiger partial charge in [-0.15, -0.1) is 0 Å². The standard InChI is InChI=1S/C9H9Cl2/c1-6(2)8-4-3-7(10)5-9(8)11/h3-5H,1-2H3. The number of hydrogen-bond donors (Lipinski definition) is 0. The molecule has 59 valence electrons. The molecule has 0 aliphatic rings.